The molecule has 0 aliphatic rings. The Morgan fingerprint density at radius 2 is 2.35 bits per heavy atom. The standard InChI is InChI=1S/C11H6N2O4/c12-5-7-2-1-3-8(4-7)17-11-13-9(6-16-11)10(14)15/h1-4,6H,(H,14,15). The Balaban J connectivity index is 2.19. The van der Waals surface area contributed by atoms with Crippen LogP contribution in [0.25, 0.3) is 0 Å². The van der Waals surface area contributed by atoms with Gasteiger partial charge in [0, 0.05) is 0 Å². The zero-order chi connectivity index (χ0) is 12.3. The van der Waals surface area contributed by atoms with Crippen molar-refractivity contribution < 1.29 is 19.1 Å². The van der Waals surface area contributed by atoms with E-state index >= 15 is 0 Å². The summed E-state index contributed by atoms with van der Waals surface area (Å²) in [7, 11) is 0. The van der Waals surface area contributed by atoms with Crippen LogP contribution in [-0.2, 0) is 0 Å². The van der Waals surface area contributed by atoms with Crippen LogP contribution in [0.5, 0.6) is 11.8 Å². The average molecular weight is 230 g/mol. The molecule has 2 rings (SSSR count). The van der Waals surface area contributed by atoms with E-state index in [1.54, 1.807) is 18.2 Å². The number of aromatic carboxylic acids is 1. The van der Waals surface area contributed by atoms with E-state index in [1.807, 2.05) is 6.07 Å². The van der Waals surface area contributed by atoms with Crippen LogP contribution in [0.3, 0.4) is 0 Å². The Bertz CT molecular complexity index is 598. The first-order valence-electron chi connectivity index (χ1n) is 4.56. The van der Waals surface area contributed by atoms with Crippen molar-refractivity contribution >= 4 is 5.97 Å². The third-order valence-electron chi connectivity index (χ3n) is 1.87. The average Bonchev–Trinajstić information content (AvgIpc) is 2.78. The predicted octanol–water partition coefficient (Wildman–Crippen LogP) is 2.04. The van der Waals surface area contributed by atoms with Gasteiger partial charge in [0.2, 0.25) is 0 Å². The molecule has 0 unspecified atom stereocenters. The Morgan fingerprint density at radius 1 is 1.53 bits per heavy atom. The van der Waals surface area contributed by atoms with Crippen LogP contribution in [0.1, 0.15) is 16.1 Å². The van der Waals surface area contributed by atoms with Crippen molar-refractivity contribution in [2.75, 3.05) is 0 Å². The van der Waals surface area contributed by atoms with E-state index in [-0.39, 0.29) is 11.8 Å². The molecule has 0 saturated carbocycles. The van der Waals surface area contributed by atoms with Crippen molar-refractivity contribution in [3.05, 3.63) is 41.8 Å². The fourth-order valence-corrected chi connectivity index (χ4v) is 1.13. The molecule has 1 N–H and O–H groups in total. The lowest BCUT2D eigenvalue weighted by Gasteiger charge is -1.99. The summed E-state index contributed by atoms with van der Waals surface area (Å²) in [6.07, 6.45) is 0.795. The number of carboxylic acid groups (broad SMARTS) is 1. The quantitative estimate of drug-likeness (QED) is 0.866. The molecule has 1 aromatic carbocycles. The number of nitriles is 1. The van der Waals surface area contributed by atoms with E-state index in [4.69, 9.17) is 19.5 Å². The molecule has 6 heteroatoms. The second-order valence-electron chi connectivity index (χ2n) is 3.05. The first-order valence-corrected chi connectivity index (χ1v) is 4.56. The zero-order valence-corrected chi connectivity index (χ0v) is 8.45. The summed E-state index contributed by atoms with van der Waals surface area (Å²) in [5.74, 6) is -0.850. The van der Waals surface area contributed by atoms with E-state index in [0.717, 1.165) is 6.26 Å². The van der Waals surface area contributed by atoms with Crippen molar-refractivity contribution in [2.24, 2.45) is 0 Å². The van der Waals surface area contributed by atoms with Crippen molar-refractivity contribution in [1.82, 2.24) is 4.98 Å². The maximum Gasteiger partial charge on any atom is 0.399 e. The summed E-state index contributed by atoms with van der Waals surface area (Å²) in [6.45, 7) is 0. The van der Waals surface area contributed by atoms with Gasteiger partial charge in [-0.25, -0.2) is 4.79 Å². The molecule has 0 saturated heterocycles. The van der Waals surface area contributed by atoms with Gasteiger partial charge in [0.05, 0.1) is 11.6 Å². The lowest BCUT2D eigenvalue weighted by molar-refractivity contribution is 0.0690. The highest BCUT2D eigenvalue weighted by molar-refractivity contribution is 5.84. The summed E-state index contributed by atoms with van der Waals surface area (Å²) >= 11 is 0. The van der Waals surface area contributed by atoms with Gasteiger partial charge in [-0.2, -0.15) is 10.2 Å². The Kier molecular flexibility index (Phi) is 2.75. The van der Waals surface area contributed by atoms with E-state index < -0.39 is 5.97 Å². The molecule has 2 aromatic rings. The molecule has 1 aromatic heterocycles. The fourth-order valence-electron chi connectivity index (χ4n) is 1.13. The Labute approximate surface area is 95.7 Å². The number of benzene rings is 1. The maximum absolute atomic E-state index is 10.5. The molecule has 0 aliphatic carbocycles. The van der Waals surface area contributed by atoms with Gasteiger partial charge in [0.25, 0.3) is 0 Å². The van der Waals surface area contributed by atoms with Gasteiger partial charge in [-0.1, -0.05) is 6.07 Å². The van der Waals surface area contributed by atoms with Gasteiger partial charge in [-0.05, 0) is 18.2 Å². The first-order chi connectivity index (χ1) is 8.19. The van der Waals surface area contributed by atoms with Gasteiger partial charge in [0.1, 0.15) is 12.0 Å². The summed E-state index contributed by atoms with van der Waals surface area (Å²) < 4.78 is 9.97. The van der Waals surface area contributed by atoms with Gasteiger partial charge in [-0.3, -0.25) is 0 Å². The van der Waals surface area contributed by atoms with E-state index in [1.165, 1.54) is 6.07 Å². The van der Waals surface area contributed by atoms with Gasteiger partial charge >= 0.3 is 12.0 Å². The molecule has 0 atom stereocenters. The van der Waals surface area contributed by atoms with Crippen LogP contribution in [0.4, 0.5) is 0 Å². The van der Waals surface area contributed by atoms with Crippen molar-refractivity contribution in [3.8, 4) is 17.9 Å². The number of ether oxygens (including phenoxy) is 1. The maximum atomic E-state index is 10.5. The lowest BCUT2D eigenvalue weighted by Crippen LogP contribution is -1.95. The number of rotatable bonds is 3. The Hall–Kier alpha value is -2.81. The largest absolute Gasteiger partial charge is 0.476 e. The molecule has 0 amide bonds. The second-order valence-corrected chi connectivity index (χ2v) is 3.05. The van der Waals surface area contributed by atoms with E-state index in [2.05, 4.69) is 4.98 Å². The van der Waals surface area contributed by atoms with Crippen LogP contribution in [0.2, 0.25) is 0 Å². The molecule has 0 radical (unpaired) electrons. The highest BCUT2D eigenvalue weighted by Gasteiger charge is 2.11. The number of carbonyl (C=O) groups is 1. The molecule has 0 spiro atoms. The van der Waals surface area contributed by atoms with Crippen molar-refractivity contribution in [2.45, 2.75) is 0 Å². The number of hydrogen-bond acceptors (Lipinski definition) is 5. The molecule has 1 heterocycles. The van der Waals surface area contributed by atoms with Crippen LogP contribution >= 0.6 is 0 Å². The van der Waals surface area contributed by atoms with Crippen molar-refractivity contribution in [1.29, 1.82) is 5.26 Å². The highest BCUT2D eigenvalue weighted by atomic mass is 16.6. The van der Waals surface area contributed by atoms with Crippen LogP contribution in [0, 0.1) is 11.3 Å². The molecule has 17 heavy (non-hydrogen) atoms. The second kappa shape index (κ2) is 4.37. The normalized spacial score (nSPS) is 9.59. The molecule has 6 nitrogen and oxygen atoms in total. The third kappa shape index (κ3) is 2.41. The fraction of sp³-hybridized carbons (Fsp3) is 0. The minimum atomic E-state index is -1.20. The number of aromatic nitrogens is 1. The first kappa shape index (κ1) is 10.7. The van der Waals surface area contributed by atoms with Gasteiger partial charge in [0.15, 0.2) is 5.69 Å². The zero-order valence-electron chi connectivity index (χ0n) is 8.45. The minimum absolute atomic E-state index is 0.183. The molecule has 0 aliphatic heterocycles. The summed E-state index contributed by atoms with van der Waals surface area (Å²) in [6, 6.07) is 8.29. The molecule has 0 fully saturated rings. The van der Waals surface area contributed by atoms with E-state index in [9.17, 15) is 4.79 Å². The number of oxazole rings is 1. The molecule has 0 bridgehead atoms. The minimum Gasteiger partial charge on any atom is -0.476 e. The van der Waals surface area contributed by atoms with Crippen LogP contribution in [0.15, 0.2) is 34.9 Å². The molecular formula is C11H6N2O4. The Morgan fingerprint density at radius 3 is 3.00 bits per heavy atom. The summed E-state index contributed by atoms with van der Waals surface area (Å²) in [5, 5.41) is 17.3. The topological polar surface area (TPSA) is 96.3 Å². The lowest BCUT2D eigenvalue weighted by atomic mass is 10.2. The van der Waals surface area contributed by atoms with E-state index in [0.29, 0.717) is 11.3 Å². The van der Waals surface area contributed by atoms with Crippen LogP contribution < -0.4 is 4.74 Å². The number of hydrogen-bond donors (Lipinski definition) is 1. The molecule has 84 valence electrons. The van der Waals surface area contributed by atoms with Gasteiger partial charge in [-0.15, -0.1) is 0 Å². The number of nitrogens with zero attached hydrogens (tertiary/aromatic N) is 2. The third-order valence-corrected chi connectivity index (χ3v) is 1.87. The monoisotopic (exact) mass is 230 g/mol. The molecular weight excluding hydrogens is 224 g/mol. The summed E-state index contributed by atoms with van der Waals surface area (Å²) in [4.78, 5) is 14.1. The van der Waals surface area contributed by atoms with Crippen molar-refractivity contribution in [3.63, 3.8) is 0 Å². The SMILES string of the molecule is N#Cc1cccc(Oc2nc(C(=O)O)co2)c1. The highest BCUT2D eigenvalue weighted by Crippen LogP contribution is 2.21. The van der Waals surface area contributed by atoms with Crippen LogP contribution in [-0.4, -0.2) is 16.1 Å². The predicted molar refractivity (Wildman–Crippen MR) is 54.7 cm³/mol. The smallest absolute Gasteiger partial charge is 0.399 e. The summed E-state index contributed by atoms with van der Waals surface area (Å²) in [5.41, 5.74) is 0.184. The van der Waals surface area contributed by atoms with Gasteiger partial charge < -0.3 is 14.3 Å². The number of carboxylic acids is 1.